The van der Waals surface area contributed by atoms with E-state index in [1.165, 1.54) is 0 Å². The van der Waals surface area contributed by atoms with Crippen molar-refractivity contribution in [3.8, 4) is 11.3 Å². The summed E-state index contributed by atoms with van der Waals surface area (Å²) in [6, 6.07) is 14.4. The lowest BCUT2D eigenvalue weighted by Crippen LogP contribution is -2.35. The minimum Gasteiger partial charge on any atom is -0.455 e. The van der Waals surface area contributed by atoms with Crippen molar-refractivity contribution in [2.75, 3.05) is 19.6 Å². The van der Waals surface area contributed by atoms with E-state index in [2.05, 4.69) is 5.32 Å². The summed E-state index contributed by atoms with van der Waals surface area (Å²) in [6.45, 7) is 3.56. The Morgan fingerprint density at radius 1 is 0.969 bits per heavy atom. The highest BCUT2D eigenvalue weighted by Gasteiger charge is 2.19. The first-order valence-electron chi connectivity index (χ1n) is 11.2. The molecule has 2 heterocycles. The van der Waals surface area contributed by atoms with Gasteiger partial charge in [0.2, 0.25) is 5.91 Å². The Morgan fingerprint density at radius 3 is 2.41 bits per heavy atom. The number of hydrogen-bond donors (Lipinski definition) is 1. The molecule has 1 aromatic heterocycles. The molecule has 0 bridgehead atoms. The predicted octanol–water partition coefficient (Wildman–Crippen LogP) is 4.29. The predicted molar refractivity (Wildman–Crippen MR) is 125 cm³/mol. The van der Waals surface area contributed by atoms with Crippen LogP contribution in [0.25, 0.3) is 22.3 Å². The molecule has 0 spiro atoms. The number of fused-ring (bicyclic) bond motifs is 1. The van der Waals surface area contributed by atoms with Crippen LogP contribution >= 0.6 is 0 Å². The van der Waals surface area contributed by atoms with Gasteiger partial charge in [0.05, 0.1) is 10.9 Å². The van der Waals surface area contributed by atoms with E-state index in [0.717, 1.165) is 44.3 Å². The van der Waals surface area contributed by atoms with Crippen LogP contribution in [0.2, 0.25) is 0 Å². The number of nitrogens with zero attached hydrogens (tertiary/aromatic N) is 1. The number of amides is 2. The lowest BCUT2D eigenvalue weighted by atomic mass is 10.0. The van der Waals surface area contributed by atoms with Crippen molar-refractivity contribution in [1.82, 2.24) is 10.2 Å². The number of nitrogens with one attached hydrogen (secondary N) is 1. The Morgan fingerprint density at radius 2 is 1.69 bits per heavy atom. The quantitative estimate of drug-likeness (QED) is 0.652. The third-order valence-corrected chi connectivity index (χ3v) is 6.01. The number of para-hydroxylation sites is 1. The molecule has 3 aromatic rings. The maximum Gasteiger partial charge on any atom is 0.255 e. The van der Waals surface area contributed by atoms with Gasteiger partial charge < -0.3 is 14.6 Å². The third kappa shape index (κ3) is 4.59. The van der Waals surface area contributed by atoms with E-state index in [0.29, 0.717) is 22.3 Å². The molecule has 6 heteroatoms. The Labute approximate surface area is 187 Å². The van der Waals surface area contributed by atoms with Gasteiger partial charge in [0.15, 0.2) is 11.0 Å². The molecule has 1 fully saturated rings. The highest BCUT2D eigenvalue weighted by molar-refractivity contribution is 6.05. The van der Waals surface area contributed by atoms with Crippen molar-refractivity contribution in [1.29, 1.82) is 0 Å². The van der Waals surface area contributed by atoms with Crippen LogP contribution in [0.15, 0.2) is 57.7 Å². The number of likely N-dealkylation sites (tertiary alicyclic amines) is 1. The summed E-state index contributed by atoms with van der Waals surface area (Å²) in [5.74, 6) is 0.170. The second-order valence-electron chi connectivity index (χ2n) is 8.23. The molecule has 32 heavy (non-hydrogen) atoms. The zero-order valence-electron chi connectivity index (χ0n) is 18.4. The second-order valence-corrected chi connectivity index (χ2v) is 8.23. The normalized spacial score (nSPS) is 14.2. The van der Waals surface area contributed by atoms with E-state index in [4.69, 9.17) is 4.42 Å². The SMILES string of the molecule is Cc1c(-c2ccccc2)oc2c(C(=O)NCCC(=O)N3CCCCCC3)cccc2c1=O. The van der Waals surface area contributed by atoms with Crippen molar-refractivity contribution in [3.05, 3.63) is 69.9 Å². The number of carbonyl (C=O) groups excluding carboxylic acids is 2. The first-order valence-corrected chi connectivity index (χ1v) is 11.2. The fraction of sp³-hybridized carbons (Fsp3) is 0.346. The van der Waals surface area contributed by atoms with Gasteiger partial charge in [0.1, 0.15) is 5.76 Å². The topological polar surface area (TPSA) is 79.6 Å². The monoisotopic (exact) mass is 432 g/mol. The Bertz CT molecular complexity index is 1180. The van der Waals surface area contributed by atoms with E-state index in [1.54, 1.807) is 25.1 Å². The smallest absolute Gasteiger partial charge is 0.255 e. The van der Waals surface area contributed by atoms with Crippen LogP contribution in [0, 0.1) is 6.92 Å². The molecule has 0 aliphatic carbocycles. The van der Waals surface area contributed by atoms with Gasteiger partial charge in [-0.2, -0.15) is 0 Å². The maximum atomic E-state index is 13.0. The van der Waals surface area contributed by atoms with Crippen LogP contribution in [0.5, 0.6) is 0 Å². The summed E-state index contributed by atoms with van der Waals surface area (Å²) in [7, 11) is 0. The van der Waals surface area contributed by atoms with Crippen molar-refractivity contribution in [3.63, 3.8) is 0 Å². The van der Waals surface area contributed by atoms with Crippen LogP contribution in [-0.2, 0) is 4.79 Å². The molecule has 2 aromatic carbocycles. The van der Waals surface area contributed by atoms with Gasteiger partial charge in [0.25, 0.3) is 5.91 Å². The number of rotatable bonds is 5. The number of benzene rings is 2. The lowest BCUT2D eigenvalue weighted by Gasteiger charge is -2.20. The molecule has 1 saturated heterocycles. The molecule has 1 aliphatic heterocycles. The zero-order valence-corrected chi connectivity index (χ0v) is 18.4. The van der Waals surface area contributed by atoms with E-state index in [-0.39, 0.29) is 35.8 Å². The largest absolute Gasteiger partial charge is 0.455 e. The summed E-state index contributed by atoms with van der Waals surface area (Å²) in [5, 5.41) is 3.19. The van der Waals surface area contributed by atoms with Crippen molar-refractivity contribution in [2.24, 2.45) is 0 Å². The fourth-order valence-corrected chi connectivity index (χ4v) is 4.21. The van der Waals surface area contributed by atoms with Crippen LogP contribution in [0.4, 0.5) is 0 Å². The molecule has 4 rings (SSSR count). The highest BCUT2D eigenvalue weighted by Crippen LogP contribution is 2.27. The summed E-state index contributed by atoms with van der Waals surface area (Å²) < 4.78 is 6.11. The molecule has 2 amide bonds. The second kappa shape index (κ2) is 9.81. The molecule has 1 aliphatic rings. The number of carbonyl (C=O) groups is 2. The minimum atomic E-state index is -0.356. The van der Waals surface area contributed by atoms with Crippen LogP contribution < -0.4 is 10.7 Å². The van der Waals surface area contributed by atoms with Gasteiger partial charge in [-0.1, -0.05) is 49.2 Å². The molecule has 0 atom stereocenters. The van der Waals surface area contributed by atoms with Gasteiger partial charge >= 0.3 is 0 Å². The third-order valence-electron chi connectivity index (χ3n) is 6.01. The van der Waals surface area contributed by atoms with E-state index < -0.39 is 0 Å². The van der Waals surface area contributed by atoms with E-state index >= 15 is 0 Å². The average Bonchev–Trinajstić information content (AvgIpc) is 3.11. The van der Waals surface area contributed by atoms with Crippen molar-refractivity contribution >= 4 is 22.8 Å². The Balaban J connectivity index is 1.54. The molecule has 0 saturated carbocycles. The maximum absolute atomic E-state index is 13.0. The summed E-state index contributed by atoms with van der Waals surface area (Å²) >= 11 is 0. The van der Waals surface area contributed by atoms with E-state index in [9.17, 15) is 14.4 Å². The molecular weight excluding hydrogens is 404 g/mol. The minimum absolute atomic E-state index is 0.0682. The first-order chi connectivity index (χ1) is 15.6. The molecule has 0 radical (unpaired) electrons. The van der Waals surface area contributed by atoms with Crippen molar-refractivity contribution in [2.45, 2.75) is 39.0 Å². The van der Waals surface area contributed by atoms with E-state index in [1.807, 2.05) is 35.2 Å². The molecule has 166 valence electrons. The lowest BCUT2D eigenvalue weighted by molar-refractivity contribution is -0.131. The van der Waals surface area contributed by atoms with Gasteiger partial charge in [-0.05, 0) is 31.9 Å². The Kier molecular flexibility index (Phi) is 6.69. The van der Waals surface area contributed by atoms with Gasteiger partial charge in [-0.25, -0.2) is 0 Å². The van der Waals surface area contributed by atoms with Crippen molar-refractivity contribution < 1.29 is 14.0 Å². The molecular formula is C26H28N2O4. The fourth-order valence-electron chi connectivity index (χ4n) is 4.21. The van der Waals surface area contributed by atoms with Crippen LogP contribution in [-0.4, -0.2) is 36.3 Å². The molecule has 1 N–H and O–H groups in total. The van der Waals surface area contributed by atoms with Gasteiger partial charge in [-0.15, -0.1) is 0 Å². The highest BCUT2D eigenvalue weighted by atomic mass is 16.3. The summed E-state index contributed by atoms with van der Waals surface area (Å²) in [6.07, 6.45) is 4.66. The first kappa shape index (κ1) is 21.8. The van der Waals surface area contributed by atoms with Gasteiger partial charge in [0, 0.05) is 37.2 Å². The zero-order chi connectivity index (χ0) is 22.5. The van der Waals surface area contributed by atoms with Crippen LogP contribution in [0.1, 0.15) is 48.0 Å². The van der Waals surface area contributed by atoms with Crippen LogP contribution in [0.3, 0.4) is 0 Å². The van der Waals surface area contributed by atoms with Gasteiger partial charge in [-0.3, -0.25) is 14.4 Å². The number of hydrogen-bond acceptors (Lipinski definition) is 4. The Hall–Kier alpha value is -3.41. The molecule has 0 unspecified atom stereocenters. The summed E-state index contributed by atoms with van der Waals surface area (Å²) in [5.41, 5.74) is 1.68. The molecule has 6 nitrogen and oxygen atoms in total. The average molecular weight is 433 g/mol. The summed E-state index contributed by atoms with van der Waals surface area (Å²) in [4.78, 5) is 40.3. The standard InChI is InChI=1S/C26H28N2O4/c1-18-23(30)20-12-9-13-21(25(20)32-24(18)19-10-5-4-6-11-19)26(31)27-15-14-22(29)28-16-7-2-3-8-17-28/h4-6,9-13H,2-3,7-8,14-17H2,1H3,(H,27,31).